The fraction of sp³-hybridized carbons (Fsp3) is 0.278. The number of rotatable bonds is 4. The van der Waals surface area contributed by atoms with Crippen LogP contribution in [0.3, 0.4) is 0 Å². The van der Waals surface area contributed by atoms with E-state index < -0.39 is 35.6 Å². The molecule has 1 fully saturated rings. The normalized spacial score (nSPS) is 20.9. The first-order valence-corrected chi connectivity index (χ1v) is 8.53. The Morgan fingerprint density at radius 1 is 1.21 bits per heavy atom. The minimum absolute atomic E-state index is 0.0140. The number of nitrogens with zero attached hydrogens (tertiary/aromatic N) is 1. The van der Waals surface area contributed by atoms with Gasteiger partial charge in [0.05, 0.1) is 11.1 Å². The first-order chi connectivity index (χ1) is 13.5. The molecule has 4 rings (SSSR count). The number of imide groups is 2. The highest BCUT2D eigenvalue weighted by atomic mass is 16.7. The Kier molecular flexibility index (Phi) is 4.30. The Morgan fingerprint density at radius 3 is 2.75 bits per heavy atom. The van der Waals surface area contributed by atoms with E-state index in [0.717, 1.165) is 4.90 Å². The Labute approximate surface area is 158 Å². The third-order valence-electron chi connectivity index (χ3n) is 4.69. The van der Waals surface area contributed by atoms with Gasteiger partial charge in [-0.3, -0.25) is 34.2 Å². The summed E-state index contributed by atoms with van der Waals surface area (Å²) in [5.74, 6) is -2.84. The van der Waals surface area contributed by atoms with E-state index in [0.29, 0.717) is 5.56 Å². The lowest BCUT2D eigenvalue weighted by Crippen LogP contribution is -2.54. The third-order valence-corrected chi connectivity index (χ3v) is 4.69. The van der Waals surface area contributed by atoms with Crippen LogP contribution in [0.4, 0.5) is 0 Å². The fourth-order valence-corrected chi connectivity index (χ4v) is 3.36. The van der Waals surface area contributed by atoms with Gasteiger partial charge in [-0.15, -0.1) is 0 Å². The minimum Gasteiger partial charge on any atom is -0.461 e. The van der Waals surface area contributed by atoms with Crippen molar-refractivity contribution in [1.82, 2.24) is 15.5 Å². The predicted molar refractivity (Wildman–Crippen MR) is 90.1 cm³/mol. The molecule has 1 unspecified atom stereocenters. The monoisotopic (exact) mass is 385 g/mol. The average molecular weight is 385 g/mol. The van der Waals surface area contributed by atoms with E-state index in [-0.39, 0.29) is 43.1 Å². The summed E-state index contributed by atoms with van der Waals surface area (Å²) in [6, 6.07) is 3.65. The topological polar surface area (TPSA) is 131 Å². The highest BCUT2D eigenvalue weighted by Crippen LogP contribution is 2.30. The molecule has 5 amide bonds. The van der Waals surface area contributed by atoms with Crippen LogP contribution < -0.4 is 10.6 Å². The van der Waals surface area contributed by atoms with Crippen molar-refractivity contribution in [3.63, 3.8) is 0 Å². The molecule has 1 aromatic carbocycles. The zero-order valence-corrected chi connectivity index (χ0v) is 14.5. The van der Waals surface area contributed by atoms with Crippen molar-refractivity contribution in [2.75, 3.05) is 6.79 Å². The lowest BCUT2D eigenvalue weighted by Gasteiger charge is -2.27. The van der Waals surface area contributed by atoms with Crippen LogP contribution in [0.25, 0.3) is 0 Å². The van der Waals surface area contributed by atoms with Gasteiger partial charge in [0, 0.05) is 13.0 Å². The molecule has 0 radical (unpaired) electrons. The van der Waals surface area contributed by atoms with E-state index in [1.54, 1.807) is 12.1 Å². The Balaban J connectivity index is 1.56. The van der Waals surface area contributed by atoms with E-state index in [1.165, 1.54) is 12.3 Å². The molecule has 0 aromatic heterocycles. The number of piperidine rings is 1. The second kappa shape index (κ2) is 6.80. The van der Waals surface area contributed by atoms with Gasteiger partial charge in [0.2, 0.25) is 24.4 Å². The van der Waals surface area contributed by atoms with Crippen LogP contribution in [0.5, 0.6) is 0 Å². The van der Waals surface area contributed by atoms with Crippen molar-refractivity contribution >= 4 is 29.5 Å². The van der Waals surface area contributed by atoms with Crippen LogP contribution >= 0.6 is 0 Å². The molecular formula is C18H15N3O7. The molecular weight excluding hydrogens is 370 g/mol. The average Bonchev–Trinajstić information content (AvgIpc) is 3.29. The highest BCUT2D eigenvalue weighted by molar-refractivity contribution is 6.24. The summed E-state index contributed by atoms with van der Waals surface area (Å²) in [7, 11) is 0. The number of hydrogen-bond donors (Lipinski definition) is 2. The quantitative estimate of drug-likeness (QED) is 0.671. The molecule has 28 heavy (non-hydrogen) atoms. The number of hydrogen-bond acceptors (Lipinski definition) is 7. The number of ether oxygens (including phenoxy) is 2. The van der Waals surface area contributed by atoms with Gasteiger partial charge in [-0.2, -0.15) is 0 Å². The zero-order chi connectivity index (χ0) is 19.8. The number of carbonyl (C=O) groups excluding carboxylic acids is 5. The summed E-state index contributed by atoms with van der Waals surface area (Å²) in [6.07, 6.45) is 1.31. The van der Waals surface area contributed by atoms with Crippen LogP contribution in [0.15, 0.2) is 30.2 Å². The molecule has 1 saturated heterocycles. The van der Waals surface area contributed by atoms with Gasteiger partial charge in [-0.25, -0.2) is 0 Å². The molecule has 2 N–H and O–H groups in total. The molecule has 1 atom stereocenters. The zero-order valence-electron chi connectivity index (χ0n) is 14.5. The molecule has 0 spiro atoms. The van der Waals surface area contributed by atoms with Crippen molar-refractivity contribution in [3.05, 3.63) is 46.9 Å². The van der Waals surface area contributed by atoms with Gasteiger partial charge in [0.25, 0.3) is 17.7 Å². The van der Waals surface area contributed by atoms with Gasteiger partial charge < -0.3 is 14.8 Å². The van der Waals surface area contributed by atoms with Crippen molar-refractivity contribution in [1.29, 1.82) is 0 Å². The first kappa shape index (κ1) is 17.7. The smallest absolute Gasteiger partial charge is 0.290 e. The molecule has 0 bridgehead atoms. The van der Waals surface area contributed by atoms with Crippen molar-refractivity contribution < 1.29 is 33.4 Å². The molecule has 3 heterocycles. The second-order valence-electron chi connectivity index (χ2n) is 6.38. The van der Waals surface area contributed by atoms with Crippen LogP contribution in [0, 0.1) is 0 Å². The number of amides is 5. The number of benzene rings is 1. The van der Waals surface area contributed by atoms with Gasteiger partial charge >= 0.3 is 0 Å². The molecule has 3 aliphatic rings. The van der Waals surface area contributed by atoms with Gasteiger partial charge in [0.1, 0.15) is 12.3 Å². The van der Waals surface area contributed by atoms with Crippen LogP contribution in [-0.4, -0.2) is 47.3 Å². The molecule has 10 nitrogen and oxygen atoms in total. The first-order valence-electron chi connectivity index (χ1n) is 8.53. The van der Waals surface area contributed by atoms with E-state index in [4.69, 9.17) is 9.47 Å². The van der Waals surface area contributed by atoms with Gasteiger partial charge in [-0.05, 0) is 18.1 Å². The molecule has 1 aromatic rings. The summed E-state index contributed by atoms with van der Waals surface area (Å²) >= 11 is 0. The number of carbonyl (C=O) groups is 5. The van der Waals surface area contributed by atoms with Crippen molar-refractivity contribution in [3.8, 4) is 0 Å². The number of nitrogens with one attached hydrogen (secondary N) is 2. The van der Waals surface area contributed by atoms with Crippen LogP contribution in [0.2, 0.25) is 0 Å². The predicted octanol–water partition coefficient (Wildman–Crippen LogP) is -0.450. The second-order valence-corrected chi connectivity index (χ2v) is 6.38. The molecule has 0 saturated carbocycles. The highest BCUT2D eigenvalue weighted by Gasteiger charge is 2.45. The molecule has 144 valence electrons. The Bertz CT molecular complexity index is 952. The summed E-state index contributed by atoms with van der Waals surface area (Å²) in [6.45, 7) is -0.0672. The Morgan fingerprint density at radius 2 is 2.04 bits per heavy atom. The summed E-state index contributed by atoms with van der Waals surface area (Å²) in [4.78, 5) is 62.0. The van der Waals surface area contributed by atoms with Crippen molar-refractivity contribution in [2.24, 2.45) is 0 Å². The maximum atomic E-state index is 12.9. The summed E-state index contributed by atoms with van der Waals surface area (Å²) in [5, 5.41) is 4.74. The van der Waals surface area contributed by atoms with Crippen molar-refractivity contribution in [2.45, 2.75) is 25.4 Å². The summed E-state index contributed by atoms with van der Waals surface area (Å²) < 4.78 is 9.80. The third kappa shape index (κ3) is 2.88. The largest absolute Gasteiger partial charge is 0.461 e. The maximum absolute atomic E-state index is 12.9. The van der Waals surface area contributed by atoms with Gasteiger partial charge in [-0.1, -0.05) is 12.1 Å². The minimum atomic E-state index is -1.04. The number of fused-ring (bicyclic) bond motifs is 1. The molecule has 10 heteroatoms. The Hall–Kier alpha value is -3.69. The molecule has 0 aliphatic carbocycles. The van der Waals surface area contributed by atoms with E-state index >= 15 is 0 Å². The SMILES string of the molecule is O=C1CCC(N2C(=O)c3cccc(CNC(=O)C4=COCO4)c3C2=O)C(=O)N1. The lowest BCUT2D eigenvalue weighted by molar-refractivity contribution is -0.136. The fourth-order valence-electron chi connectivity index (χ4n) is 3.36. The van der Waals surface area contributed by atoms with Gasteiger partial charge in [0.15, 0.2) is 0 Å². The van der Waals surface area contributed by atoms with E-state index in [9.17, 15) is 24.0 Å². The lowest BCUT2D eigenvalue weighted by atomic mass is 10.0. The maximum Gasteiger partial charge on any atom is 0.290 e. The standard InChI is InChI=1S/C18H15N3O7/c22-13-5-4-11(15(23)20-13)21-17(25)10-3-1-2-9(14(10)18(21)26)6-19-16(24)12-7-27-8-28-12/h1-3,7,11H,4-6,8H2,(H,19,24)(H,20,22,23). The van der Waals surface area contributed by atoms with Crippen LogP contribution in [0.1, 0.15) is 39.1 Å². The summed E-state index contributed by atoms with van der Waals surface area (Å²) in [5.41, 5.74) is 0.717. The molecule has 3 aliphatic heterocycles. The van der Waals surface area contributed by atoms with Crippen LogP contribution in [-0.2, 0) is 30.4 Å². The van der Waals surface area contributed by atoms with E-state index in [1.807, 2.05) is 0 Å². The van der Waals surface area contributed by atoms with E-state index in [2.05, 4.69) is 10.6 Å².